The number of benzene rings is 1. The van der Waals surface area contributed by atoms with Crippen LogP contribution in [0.4, 0.5) is 0 Å². The second kappa shape index (κ2) is 7.64. The Morgan fingerprint density at radius 2 is 2.04 bits per heavy atom. The van der Waals surface area contributed by atoms with Crippen molar-refractivity contribution < 1.29 is 26.5 Å². The molecule has 0 spiro atoms. The van der Waals surface area contributed by atoms with E-state index in [9.17, 15) is 0 Å². The summed E-state index contributed by atoms with van der Waals surface area (Å²) in [7, 11) is 2.96. The third-order valence-electron chi connectivity index (χ3n) is 5.67. The van der Waals surface area contributed by atoms with E-state index >= 15 is 0 Å². The number of rotatable bonds is 8. The number of epoxide rings is 1. The largest absolute Gasteiger partial charge is 0.496 e. The van der Waals surface area contributed by atoms with E-state index in [4.69, 9.17) is 26.5 Å². The molecule has 1 saturated carbocycles. The number of hydrogen-bond acceptors (Lipinski definition) is 3. The van der Waals surface area contributed by atoms with Gasteiger partial charge in [-0.2, -0.15) is 0 Å². The lowest BCUT2D eigenvalue weighted by molar-refractivity contribution is 0.302. The molecule has 3 nitrogen and oxygen atoms in total. The molecule has 0 aromatic heterocycles. The Labute approximate surface area is 171 Å². The van der Waals surface area contributed by atoms with E-state index in [-0.39, 0.29) is 23.5 Å². The average Bonchev–Trinajstić information content (AvgIpc) is 3.42. The standard InChI is InChI=1S/C23H34O3/c1-7-8-9-10-16-13-18(24-5)21(19(14-16)25-6)20-17(15(2)3)11-12-23(4)22(20)26-23/h13-14,17,20,22H,2,7-12H2,1,3-6H3/t17-,20+,22?,23-/m0/s1/i1D3,7D2,8D2,9D2. The molecular formula is C23H34O3. The highest BCUT2D eigenvalue weighted by molar-refractivity contribution is 5.53. The summed E-state index contributed by atoms with van der Waals surface area (Å²) in [4.78, 5) is 0. The number of allylic oxidation sites excluding steroid dienone is 1. The van der Waals surface area contributed by atoms with Gasteiger partial charge in [-0.3, -0.25) is 0 Å². The fourth-order valence-corrected chi connectivity index (χ4v) is 4.26. The van der Waals surface area contributed by atoms with E-state index in [2.05, 4.69) is 13.5 Å². The highest BCUT2D eigenvalue weighted by Gasteiger charge is 2.61. The van der Waals surface area contributed by atoms with E-state index in [1.54, 1.807) is 12.1 Å². The van der Waals surface area contributed by atoms with Crippen molar-refractivity contribution in [1.82, 2.24) is 0 Å². The molecule has 2 fully saturated rings. The number of aryl methyl sites for hydroxylation is 1. The zero-order chi connectivity index (χ0) is 26.8. The summed E-state index contributed by atoms with van der Waals surface area (Å²) in [6, 6.07) is 3.17. The first kappa shape index (κ1) is 10.8. The fourth-order valence-electron chi connectivity index (χ4n) is 4.26. The highest BCUT2D eigenvalue weighted by atomic mass is 16.6. The third-order valence-corrected chi connectivity index (χ3v) is 5.67. The first-order chi connectivity index (χ1) is 15.8. The first-order valence-corrected chi connectivity index (χ1v) is 8.92. The van der Waals surface area contributed by atoms with Gasteiger partial charge in [0, 0.05) is 23.8 Å². The second-order valence-electron chi connectivity index (χ2n) is 7.39. The van der Waals surface area contributed by atoms with Crippen molar-refractivity contribution in [3.63, 3.8) is 0 Å². The monoisotopic (exact) mass is 367 g/mol. The lowest BCUT2D eigenvalue weighted by Gasteiger charge is -2.34. The molecular weight excluding hydrogens is 324 g/mol. The molecule has 3 heteroatoms. The van der Waals surface area contributed by atoms with Crippen molar-refractivity contribution in [3.05, 3.63) is 35.4 Å². The molecule has 1 aromatic rings. The van der Waals surface area contributed by atoms with Gasteiger partial charge in [-0.1, -0.05) is 31.7 Å². The van der Waals surface area contributed by atoms with Crippen LogP contribution in [-0.4, -0.2) is 25.9 Å². The molecule has 1 heterocycles. The fraction of sp³-hybridized carbons (Fsp3) is 0.652. The Morgan fingerprint density at radius 3 is 2.62 bits per heavy atom. The van der Waals surface area contributed by atoms with E-state index in [0.29, 0.717) is 17.1 Å². The molecule has 1 unspecified atom stereocenters. The van der Waals surface area contributed by atoms with Crippen molar-refractivity contribution in [1.29, 1.82) is 0 Å². The average molecular weight is 368 g/mol. The van der Waals surface area contributed by atoms with Crippen LogP contribution >= 0.6 is 0 Å². The van der Waals surface area contributed by atoms with Crippen molar-refractivity contribution in [2.45, 2.75) is 76.7 Å². The lowest BCUT2D eigenvalue weighted by atomic mass is 9.69. The van der Waals surface area contributed by atoms with Gasteiger partial charge in [0.1, 0.15) is 11.5 Å². The minimum Gasteiger partial charge on any atom is -0.496 e. The molecule has 144 valence electrons. The molecule has 1 aliphatic heterocycles. The summed E-state index contributed by atoms with van der Waals surface area (Å²) in [5, 5.41) is 0. The van der Waals surface area contributed by atoms with Crippen LogP contribution in [0, 0.1) is 5.92 Å². The smallest absolute Gasteiger partial charge is 0.126 e. The Balaban J connectivity index is 2.05. The van der Waals surface area contributed by atoms with Gasteiger partial charge in [0.2, 0.25) is 0 Å². The maximum Gasteiger partial charge on any atom is 0.126 e. The number of hydrogen-bond donors (Lipinski definition) is 0. The molecule has 0 radical (unpaired) electrons. The summed E-state index contributed by atoms with van der Waals surface area (Å²) >= 11 is 0. The van der Waals surface area contributed by atoms with Crippen LogP contribution in [0.2, 0.25) is 0 Å². The summed E-state index contributed by atoms with van der Waals surface area (Å²) in [5.74, 6) is 0.866. The maximum atomic E-state index is 8.35. The second-order valence-corrected chi connectivity index (χ2v) is 7.39. The quantitative estimate of drug-likeness (QED) is 0.438. The lowest BCUT2D eigenvalue weighted by Crippen LogP contribution is -2.31. The van der Waals surface area contributed by atoms with Gasteiger partial charge < -0.3 is 14.2 Å². The summed E-state index contributed by atoms with van der Waals surface area (Å²) in [6.07, 6.45) is -8.44. The number of methoxy groups -OCH3 is 2. The van der Waals surface area contributed by atoms with E-state index in [1.165, 1.54) is 14.2 Å². The Kier molecular flexibility index (Phi) is 3.16. The minimum absolute atomic E-state index is 0.0568. The molecule has 26 heavy (non-hydrogen) atoms. The van der Waals surface area contributed by atoms with Crippen LogP contribution in [0.15, 0.2) is 24.3 Å². The molecule has 1 saturated heterocycles. The maximum absolute atomic E-state index is 8.35. The number of ether oxygens (including phenoxy) is 3. The molecule has 2 aliphatic rings. The zero-order valence-electron chi connectivity index (χ0n) is 24.9. The molecule has 1 aliphatic carbocycles. The van der Waals surface area contributed by atoms with Gasteiger partial charge in [-0.15, -0.1) is 0 Å². The zero-order valence-corrected chi connectivity index (χ0v) is 15.9. The van der Waals surface area contributed by atoms with Crippen molar-refractivity contribution >= 4 is 0 Å². The van der Waals surface area contributed by atoms with Crippen LogP contribution in [0.3, 0.4) is 0 Å². The van der Waals surface area contributed by atoms with Crippen LogP contribution in [-0.2, 0) is 11.2 Å². The predicted molar refractivity (Wildman–Crippen MR) is 106 cm³/mol. The summed E-state index contributed by atoms with van der Waals surface area (Å²) in [6.45, 7) is 4.87. The van der Waals surface area contributed by atoms with Crippen molar-refractivity contribution in [3.8, 4) is 11.5 Å². The van der Waals surface area contributed by atoms with Gasteiger partial charge in [-0.05, 0) is 63.1 Å². The van der Waals surface area contributed by atoms with Crippen molar-refractivity contribution in [2.75, 3.05) is 14.2 Å². The van der Waals surface area contributed by atoms with Gasteiger partial charge >= 0.3 is 0 Å². The van der Waals surface area contributed by atoms with Crippen LogP contribution < -0.4 is 9.47 Å². The molecule has 0 amide bonds. The number of fused-ring (bicyclic) bond motifs is 1. The van der Waals surface area contributed by atoms with E-state index in [0.717, 1.165) is 24.0 Å². The van der Waals surface area contributed by atoms with Crippen LogP contribution in [0.5, 0.6) is 11.5 Å². The van der Waals surface area contributed by atoms with Gasteiger partial charge in [0.05, 0.1) is 25.9 Å². The molecule has 3 rings (SSSR count). The molecule has 0 bridgehead atoms. The Hall–Kier alpha value is -1.48. The minimum atomic E-state index is -3.41. The molecule has 0 N–H and O–H groups in total. The van der Waals surface area contributed by atoms with Gasteiger partial charge in [0.15, 0.2) is 0 Å². The highest BCUT2D eigenvalue weighted by Crippen LogP contribution is 2.60. The Morgan fingerprint density at radius 1 is 1.35 bits per heavy atom. The normalized spacial score (nSPS) is 37.1. The molecule has 1 aromatic carbocycles. The SMILES string of the molecule is [2H]C([2H])([2H])C([2H])([2H])C([2H])([2H])C([2H])([2H])Cc1cc(OC)c([C@@H]2C3O[C@@]3(C)CC[C@H]2C(=C)C)c(OC)c1. The van der Waals surface area contributed by atoms with Gasteiger partial charge in [0.25, 0.3) is 0 Å². The van der Waals surface area contributed by atoms with E-state index in [1.807, 2.05) is 6.92 Å². The summed E-state index contributed by atoms with van der Waals surface area (Å²) in [5.41, 5.74) is 1.83. The van der Waals surface area contributed by atoms with Gasteiger partial charge in [-0.25, -0.2) is 0 Å². The predicted octanol–water partition coefficient (Wildman–Crippen LogP) is 5.66. The first-order valence-electron chi connectivity index (χ1n) is 13.4. The topological polar surface area (TPSA) is 31.0 Å². The summed E-state index contributed by atoms with van der Waals surface area (Å²) < 4.78 is 88.3. The third kappa shape index (κ3) is 3.51. The van der Waals surface area contributed by atoms with Crippen LogP contribution in [0.1, 0.15) is 82.0 Å². The molecule has 4 atom stereocenters. The van der Waals surface area contributed by atoms with Crippen LogP contribution in [0.25, 0.3) is 0 Å². The Bertz CT molecular complexity index is 964. The van der Waals surface area contributed by atoms with E-state index < -0.39 is 32.4 Å². The van der Waals surface area contributed by atoms with Crippen molar-refractivity contribution in [2.24, 2.45) is 5.92 Å².